The van der Waals surface area contributed by atoms with Crippen molar-refractivity contribution >= 4 is 39.4 Å². The number of esters is 1. The quantitative estimate of drug-likeness (QED) is 0.188. The summed E-state index contributed by atoms with van der Waals surface area (Å²) in [5.41, 5.74) is 1.59. The molecule has 0 saturated carbocycles. The van der Waals surface area contributed by atoms with Crippen LogP contribution in [0, 0.1) is 25.7 Å². The van der Waals surface area contributed by atoms with E-state index in [0.29, 0.717) is 25.8 Å². The first kappa shape index (κ1) is 27.8. The van der Waals surface area contributed by atoms with Crippen LogP contribution in [-0.2, 0) is 23.9 Å². The lowest BCUT2D eigenvalue weighted by atomic mass is 9.70. The number of carbonyl (C=O) groups excluding carboxylic acids is 3. The summed E-state index contributed by atoms with van der Waals surface area (Å²) in [5.74, 6) is -2.47. The Bertz CT molecular complexity index is 1060. The number of carbonyl (C=O) groups is 3. The SMILES string of the molecule is C=CCN(C(=O)[C@@H]1N(CCCCCO)C(=O)[C@H]2[C@H](C(=O)OCC)[C@H]3O[C@@]12CC3Br)c1cc(C)ccc1C. The fourth-order valence-corrected chi connectivity index (χ4v) is 7.26. The van der Waals surface area contributed by atoms with Gasteiger partial charge in [0.15, 0.2) is 0 Å². The molecule has 3 aliphatic heterocycles. The molecule has 3 aliphatic rings. The lowest BCUT2D eigenvalue weighted by Gasteiger charge is -2.37. The number of halogens is 1. The average Bonchev–Trinajstić information content (AvgIpc) is 3.45. The summed E-state index contributed by atoms with van der Waals surface area (Å²) >= 11 is 3.68. The Balaban J connectivity index is 1.78. The first-order valence-electron chi connectivity index (χ1n) is 13.1. The minimum atomic E-state index is -1.13. The number of aliphatic hydroxyl groups excluding tert-OH is 1. The van der Waals surface area contributed by atoms with Gasteiger partial charge in [-0.1, -0.05) is 34.1 Å². The molecule has 2 amide bonds. The molecule has 3 saturated heterocycles. The van der Waals surface area contributed by atoms with E-state index in [-0.39, 0.29) is 36.4 Å². The molecule has 1 N–H and O–H groups in total. The van der Waals surface area contributed by atoms with Crippen LogP contribution in [-0.4, -0.2) is 76.7 Å². The molecule has 2 bridgehead atoms. The number of aliphatic hydroxyl groups is 1. The number of benzene rings is 1. The number of aryl methyl sites for hydroxylation is 2. The number of hydrogen-bond acceptors (Lipinski definition) is 6. The molecule has 1 aromatic rings. The number of rotatable bonds is 11. The number of alkyl halides is 1. The van der Waals surface area contributed by atoms with E-state index in [9.17, 15) is 19.5 Å². The van der Waals surface area contributed by atoms with Crippen LogP contribution in [0.3, 0.4) is 0 Å². The number of anilines is 1. The Morgan fingerprint density at radius 3 is 2.76 bits per heavy atom. The van der Waals surface area contributed by atoms with Gasteiger partial charge in [0, 0.05) is 30.2 Å². The lowest BCUT2D eigenvalue weighted by molar-refractivity contribution is -0.154. The van der Waals surface area contributed by atoms with E-state index in [2.05, 4.69) is 22.5 Å². The summed E-state index contributed by atoms with van der Waals surface area (Å²) < 4.78 is 11.9. The van der Waals surface area contributed by atoms with Gasteiger partial charge in [-0.05, 0) is 63.6 Å². The Kier molecular flexibility index (Phi) is 8.45. The second-order valence-corrected chi connectivity index (χ2v) is 11.4. The zero-order valence-electron chi connectivity index (χ0n) is 21.8. The summed E-state index contributed by atoms with van der Waals surface area (Å²) in [7, 11) is 0. The van der Waals surface area contributed by atoms with Crippen LogP contribution < -0.4 is 4.90 Å². The molecule has 0 radical (unpaired) electrons. The number of amides is 2. The van der Waals surface area contributed by atoms with E-state index >= 15 is 0 Å². The molecule has 1 aromatic carbocycles. The fourth-order valence-electron chi connectivity index (χ4n) is 6.32. The van der Waals surface area contributed by atoms with Crippen molar-refractivity contribution in [2.75, 3.05) is 31.2 Å². The molecule has 37 heavy (non-hydrogen) atoms. The summed E-state index contributed by atoms with van der Waals surface area (Å²) in [6.45, 7) is 10.4. The number of nitrogens with zero attached hydrogens (tertiary/aromatic N) is 2. The van der Waals surface area contributed by atoms with E-state index in [1.807, 2.05) is 32.0 Å². The van der Waals surface area contributed by atoms with Gasteiger partial charge in [-0.25, -0.2) is 0 Å². The summed E-state index contributed by atoms with van der Waals surface area (Å²) in [6, 6.07) is 5.06. The highest BCUT2D eigenvalue weighted by atomic mass is 79.9. The van der Waals surface area contributed by atoms with Gasteiger partial charge < -0.3 is 24.4 Å². The van der Waals surface area contributed by atoms with Gasteiger partial charge in [0.1, 0.15) is 11.6 Å². The number of fused-ring (bicyclic) bond motifs is 1. The van der Waals surface area contributed by atoms with Crippen LogP contribution in [0.4, 0.5) is 5.69 Å². The topological polar surface area (TPSA) is 96.4 Å². The third-order valence-electron chi connectivity index (χ3n) is 7.87. The highest BCUT2D eigenvalue weighted by molar-refractivity contribution is 9.09. The molecule has 0 aliphatic carbocycles. The molecule has 8 nitrogen and oxygen atoms in total. The maximum absolute atomic E-state index is 14.5. The number of unbranched alkanes of at least 4 members (excludes halogenated alkanes) is 2. The second kappa shape index (κ2) is 11.3. The van der Waals surface area contributed by atoms with E-state index in [1.165, 1.54) is 0 Å². The minimum absolute atomic E-state index is 0.0730. The first-order chi connectivity index (χ1) is 17.7. The van der Waals surface area contributed by atoms with Crippen molar-refractivity contribution in [1.82, 2.24) is 4.90 Å². The van der Waals surface area contributed by atoms with E-state index in [1.54, 1.807) is 22.8 Å². The van der Waals surface area contributed by atoms with E-state index in [4.69, 9.17) is 9.47 Å². The Hall–Kier alpha value is -2.23. The van der Waals surface area contributed by atoms with Crippen molar-refractivity contribution in [3.8, 4) is 0 Å². The standard InChI is InChI=1S/C28H37BrN2O6/c1-5-12-30(20-15-17(3)10-11-18(20)4)26(34)24-28-16-19(29)23(37-28)21(27(35)36-6-2)22(28)25(33)31(24)13-8-7-9-14-32/h5,10-11,15,19,21-24,32H,1,6-9,12-14,16H2,2-4H3/t19?,21-,22+,23-,24-,28+/m0/s1. The maximum Gasteiger partial charge on any atom is 0.312 e. The van der Waals surface area contributed by atoms with E-state index < -0.39 is 35.6 Å². The smallest absolute Gasteiger partial charge is 0.312 e. The molecule has 0 aromatic heterocycles. The van der Waals surface area contributed by atoms with Crippen molar-refractivity contribution in [3.05, 3.63) is 42.0 Å². The molecule has 4 rings (SSSR count). The molecule has 3 fully saturated rings. The van der Waals surface area contributed by atoms with Crippen molar-refractivity contribution in [1.29, 1.82) is 0 Å². The third-order valence-corrected chi connectivity index (χ3v) is 8.72. The number of hydrogen-bond donors (Lipinski definition) is 1. The van der Waals surface area contributed by atoms with Crippen molar-refractivity contribution in [3.63, 3.8) is 0 Å². The molecule has 1 spiro atoms. The number of ether oxygens (including phenoxy) is 2. The Morgan fingerprint density at radius 2 is 2.08 bits per heavy atom. The van der Waals surface area contributed by atoms with Gasteiger partial charge >= 0.3 is 5.97 Å². The van der Waals surface area contributed by atoms with Gasteiger partial charge in [0.25, 0.3) is 5.91 Å². The van der Waals surface area contributed by atoms with Crippen molar-refractivity contribution < 1.29 is 29.0 Å². The summed E-state index contributed by atoms with van der Waals surface area (Å²) in [6.07, 6.45) is 3.57. The van der Waals surface area contributed by atoms with Gasteiger partial charge in [0.2, 0.25) is 5.91 Å². The summed E-state index contributed by atoms with van der Waals surface area (Å²) in [5, 5.41) is 9.22. The normalized spacial score (nSPS) is 29.9. The van der Waals surface area contributed by atoms with Crippen molar-refractivity contribution in [2.24, 2.45) is 11.8 Å². The van der Waals surface area contributed by atoms with Crippen LogP contribution >= 0.6 is 15.9 Å². The second-order valence-electron chi connectivity index (χ2n) is 10.3. The van der Waals surface area contributed by atoms with Gasteiger partial charge in [-0.3, -0.25) is 14.4 Å². The first-order valence-corrected chi connectivity index (χ1v) is 14.0. The van der Waals surface area contributed by atoms with Gasteiger partial charge in [-0.2, -0.15) is 0 Å². The van der Waals surface area contributed by atoms with Crippen LogP contribution in [0.15, 0.2) is 30.9 Å². The van der Waals surface area contributed by atoms with E-state index in [0.717, 1.165) is 23.2 Å². The predicted molar refractivity (Wildman–Crippen MR) is 143 cm³/mol. The third kappa shape index (κ3) is 4.74. The minimum Gasteiger partial charge on any atom is -0.466 e. The highest BCUT2D eigenvalue weighted by Crippen LogP contribution is 2.60. The Morgan fingerprint density at radius 1 is 1.32 bits per heavy atom. The number of likely N-dealkylation sites (tertiary alicyclic amines) is 1. The maximum atomic E-state index is 14.5. The Labute approximate surface area is 227 Å². The van der Waals surface area contributed by atoms with Crippen molar-refractivity contribution in [2.45, 2.75) is 69.0 Å². The largest absolute Gasteiger partial charge is 0.466 e. The summed E-state index contributed by atoms with van der Waals surface area (Å²) in [4.78, 5) is 44.7. The van der Waals surface area contributed by atoms with Gasteiger partial charge in [-0.15, -0.1) is 6.58 Å². The molecule has 6 atom stereocenters. The molecule has 1 unspecified atom stereocenters. The average molecular weight is 578 g/mol. The van der Waals surface area contributed by atoms with Crippen LogP contribution in [0.2, 0.25) is 0 Å². The zero-order chi connectivity index (χ0) is 26.9. The molecule has 202 valence electrons. The zero-order valence-corrected chi connectivity index (χ0v) is 23.4. The van der Waals surface area contributed by atoms with Crippen LogP contribution in [0.25, 0.3) is 0 Å². The highest BCUT2D eigenvalue weighted by Gasteiger charge is 2.77. The molecule has 3 heterocycles. The molecular weight excluding hydrogens is 540 g/mol. The lowest BCUT2D eigenvalue weighted by Crippen LogP contribution is -2.57. The monoisotopic (exact) mass is 576 g/mol. The van der Waals surface area contributed by atoms with Crippen LogP contribution in [0.1, 0.15) is 43.7 Å². The van der Waals surface area contributed by atoms with Crippen LogP contribution in [0.5, 0.6) is 0 Å². The predicted octanol–water partition coefficient (Wildman–Crippen LogP) is 3.30. The fraction of sp³-hybridized carbons (Fsp3) is 0.607. The van der Waals surface area contributed by atoms with Gasteiger partial charge in [0.05, 0.1) is 24.5 Å². The molecular formula is C28H37BrN2O6. The molecule has 9 heteroatoms.